The number of hydrogen-bond acceptors (Lipinski definition) is 1. The first-order chi connectivity index (χ1) is 9.13. The third-order valence-electron chi connectivity index (χ3n) is 2.52. The Hall–Kier alpha value is -2.13. The number of aromatic nitrogens is 1. The minimum absolute atomic E-state index is 0.185. The maximum Gasteiger partial charge on any atom is 0.331 e. The number of carbonyl (C=O) groups is 1. The molecule has 2 N–H and O–H groups in total. The summed E-state index contributed by atoms with van der Waals surface area (Å²) in [6.45, 7) is 1.97. The van der Waals surface area contributed by atoms with Crippen molar-refractivity contribution < 1.29 is 9.78 Å². The fraction of sp³-hybridized carbons (Fsp3) is 0.0667. The number of amides is 1. The van der Waals surface area contributed by atoms with Crippen LogP contribution in [0.5, 0.6) is 0 Å². The summed E-state index contributed by atoms with van der Waals surface area (Å²) in [5, 5.41) is 3.42. The Labute approximate surface area is 116 Å². The molecule has 4 heteroatoms. The molecule has 1 aromatic heterocycles. The van der Waals surface area contributed by atoms with Crippen LogP contribution in [0.15, 0.2) is 48.7 Å². The lowest BCUT2D eigenvalue weighted by molar-refractivity contribution is -0.361. The molecule has 1 heterocycles. The predicted molar refractivity (Wildman–Crippen MR) is 76.9 cm³/mol. The van der Waals surface area contributed by atoms with Crippen molar-refractivity contribution in [3.05, 3.63) is 64.8 Å². The molecule has 0 radical (unpaired) electrons. The van der Waals surface area contributed by atoms with E-state index in [1.165, 1.54) is 6.08 Å². The van der Waals surface area contributed by atoms with Crippen molar-refractivity contribution in [2.45, 2.75) is 6.92 Å². The van der Waals surface area contributed by atoms with E-state index in [-0.39, 0.29) is 5.91 Å². The Bertz CT molecular complexity index is 589. The van der Waals surface area contributed by atoms with Gasteiger partial charge in [0.25, 0.3) is 5.82 Å². The Morgan fingerprint density at radius 2 is 1.95 bits per heavy atom. The normalized spacial score (nSPS) is 10.6. The molecule has 0 unspecified atom stereocenters. The van der Waals surface area contributed by atoms with Gasteiger partial charge in [0.1, 0.15) is 0 Å². The zero-order valence-electron chi connectivity index (χ0n) is 10.5. The molecule has 0 spiro atoms. The molecule has 0 atom stereocenters. The SMILES string of the molecule is Cc1ccc(NC(=O)C=Cc2ccc(Cl)cc2)[nH+]c1. The quantitative estimate of drug-likeness (QED) is 0.858. The van der Waals surface area contributed by atoms with Gasteiger partial charge in [-0.1, -0.05) is 23.7 Å². The Balaban J connectivity index is 1.97. The number of carbonyl (C=O) groups excluding carboxylic acids is 1. The first-order valence-corrected chi connectivity index (χ1v) is 6.24. The summed E-state index contributed by atoms with van der Waals surface area (Å²) < 4.78 is 0. The molecule has 19 heavy (non-hydrogen) atoms. The molecule has 96 valence electrons. The van der Waals surface area contributed by atoms with Crippen molar-refractivity contribution in [2.24, 2.45) is 0 Å². The molecule has 0 aliphatic carbocycles. The van der Waals surface area contributed by atoms with Gasteiger partial charge in [-0.15, -0.1) is 0 Å². The number of aryl methyl sites for hydroxylation is 1. The van der Waals surface area contributed by atoms with Crippen molar-refractivity contribution in [1.82, 2.24) is 0 Å². The maximum absolute atomic E-state index is 11.7. The molecule has 0 bridgehead atoms. The second kappa shape index (κ2) is 6.16. The second-order valence-corrected chi connectivity index (χ2v) is 4.59. The highest BCUT2D eigenvalue weighted by atomic mass is 35.5. The van der Waals surface area contributed by atoms with E-state index in [0.29, 0.717) is 10.8 Å². The van der Waals surface area contributed by atoms with Crippen LogP contribution in [0.25, 0.3) is 6.08 Å². The summed E-state index contributed by atoms with van der Waals surface area (Å²) in [4.78, 5) is 14.7. The second-order valence-electron chi connectivity index (χ2n) is 4.15. The molecular formula is C15H14ClN2O+. The lowest BCUT2D eigenvalue weighted by Gasteiger charge is -1.95. The zero-order chi connectivity index (χ0) is 13.7. The topological polar surface area (TPSA) is 43.2 Å². The summed E-state index contributed by atoms with van der Waals surface area (Å²) >= 11 is 5.79. The largest absolute Gasteiger partial charge is 0.331 e. The highest BCUT2D eigenvalue weighted by molar-refractivity contribution is 6.30. The number of aromatic amines is 1. The molecule has 0 fully saturated rings. The Morgan fingerprint density at radius 3 is 2.58 bits per heavy atom. The minimum Gasteiger partial charge on any atom is -0.247 e. The van der Waals surface area contributed by atoms with Crippen LogP contribution in [-0.4, -0.2) is 5.91 Å². The number of nitrogens with one attached hydrogen (secondary N) is 2. The van der Waals surface area contributed by atoms with Gasteiger partial charge in [0.05, 0.1) is 6.20 Å². The third kappa shape index (κ3) is 4.23. The summed E-state index contributed by atoms with van der Waals surface area (Å²) in [6.07, 6.45) is 5.05. The predicted octanol–water partition coefficient (Wildman–Crippen LogP) is 3.11. The summed E-state index contributed by atoms with van der Waals surface area (Å²) in [5.41, 5.74) is 2.03. The monoisotopic (exact) mass is 273 g/mol. The number of rotatable bonds is 3. The first-order valence-electron chi connectivity index (χ1n) is 5.86. The van der Waals surface area contributed by atoms with E-state index >= 15 is 0 Å². The Morgan fingerprint density at radius 1 is 1.21 bits per heavy atom. The van der Waals surface area contributed by atoms with E-state index in [0.717, 1.165) is 11.1 Å². The van der Waals surface area contributed by atoms with E-state index in [4.69, 9.17) is 11.6 Å². The van der Waals surface area contributed by atoms with Gasteiger partial charge >= 0.3 is 5.91 Å². The van der Waals surface area contributed by atoms with Crippen LogP contribution in [-0.2, 0) is 4.79 Å². The van der Waals surface area contributed by atoms with Gasteiger partial charge in [-0.25, -0.2) is 15.1 Å². The van der Waals surface area contributed by atoms with Gasteiger partial charge in [-0.3, -0.25) is 0 Å². The van der Waals surface area contributed by atoms with Crippen LogP contribution in [0.4, 0.5) is 5.82 Å². The molecule has 1 aromatic carbocycles. The number of benzene rings is 1. The van der Waals surface area contributed by atoms with Gasteiger partial charge in [-0.05, 0) is 42.3 Å². The zero-order valence-corrected chi connectivity index (χ0v) is 11.2. The van der Waals surface area contributed by atoms with E-state index in [1.807, 2.05) is 37.4 Å². The number of anilines is 1. The van der Waals surface area contributed by atoms with Crippen molar-refractivity contribution in [3.63, 3.8) is 0 Å². The first kappa shape index (κ1) is 13.3. The third-order valence-corrected chi connectivity index (χ3v) is 2.78. The molecule has 0 saturated carbocycles. The molecular weight excluding hydrogens is 260 g/mol. The van der Waals surface area contributed by atoms with Crippen molar-refractivity contribution >= 4 is 29.4 Å². The number of halogens is 1. The summed E-state index contributed by atoms with van der Waals surface area (Å²) in [7, 11) is 0. The molecule has 0 aliphatic rings. The minimum atomic E-state index is -0.185. The van der Waals surface area contributed by atoms with E-state index in [1.54, 1.807) is 18.2 Å². The standard InChI is InChI=1S/C15H13ClN2O/c1-11-2-8-14(17-10-11)18-15(19)9-5-12-3-6-13(16)7-4-12/h2-10H,1H3,(H,17,18,19)/p+1. The smallest absolute Gasteiger partial charge is 0.247 e. The molecule has 0 aliphatic heterocycles. The molecule has 0 saturated heterocycles. The number of hydrogen-bond donors (Lipinski definition) is 1. The molecule has 2 rings (SSSR count). The average Bonchev–Trinajstić information content (AvgIpc) is 2.41. The highest BCUT2D eigenvalue weighted by Gasteiger charge is 2.05. The van der Waals surface area contributed by atoms with E-state index < -0.39 is 0 Å². The van der Waals surface area contributed by atoms with Crippen LogP contribution < -0.4 is 10.3 Å². The van der Waals surface area contributed by atoms with Gasteiger partial charge in [0.15, 0.2) is 0 Å². The van der Waals surface area contributed by atoms with Gasteiger partial charge in [0, 0.05) is 17.2 Å². The lowest BCUT2D eigenvalue weighted by Crippen LogP contribution is -2.17. The van der Waals surface area contributed by atoms with Crippen LogP contribution in [0, 0.1) is 6.92 Å². The summed E-state index contributed by atoms with van der Waals surface area (Å²) in [6, 6.07) is 11.0. The van der Waals surface area contributed by atoms with Crippen LogP contribution in [0.2, 0.25) is 5.02 Å². The van der Waals surface area contributed by atoms with E-state index in [9.17, 15) is 4.79 Å². The van der Waals surface area contributed by atoms with Crippen LogP contribution in [0.1, 0.15) is 11.1 Å². The van der Waals surface area contributed by atoms with Crippen LogP contribution >= 0.6 is 11.6 Å². The van der Waals surface area contributed by atoms with Crippen molar-refractivity contribution in [1.29, 1.82) is 0 Å². The van der Waals surface area contributed by atoms with Crippen molar-refractivity contribution in [3.8, 4) is 0 Å². The average molecular weight is 274 g/mol. The molecule has 3 nitrogen and oxygen atoms in total. The molecule has 2 aromatic rings. The van der Waals surface area contributed by atoms with Gasteiger partial charge < -0.3 is 0 Å². The number of pyridine rings is 1. The Kier molecular flexibility index (Phi) is 4.31. The maximum atomic E-state index is 11.7. The van der Waals surface area contributed by atoms with Gasteiger partial charge in [0.2, 0.25) is 0 Å². The van der Waals surface area contributed by atoms with Crippen molar-refractivity contribution in [2.75, 3.05) is 5.32 Å². The molecule has 1 amide bonds. The van der Waals surface area contributed by atoms with Crippen LogP contribution in [0.3, 0.4) is 0 Å². The number of H-pyrrole nitrogens is 1. The lowest BCUT2D eigenvalue weighted by atomic mass is 10.2. The van der Waals surface area contributed by atoms with Gasteiger partial charge in [-0.2, -0.15) is 0 Å². The fourth-order valence-electron chi connectivity index (χ4n) is 1.50. The highest BCUT2D eigenvalue weighted by Crippen LogP contribution is 2.10. The van der Waals surface area contributed by atoms with E-state index in [2.05, 4.69) is 10.3 Å². The summed E-state index contributed by atoms with van der Waals surface area (Å²) in [5.74, 6) is 0.478. The fourth-order valence-corrected chi connectivity index (χ4v) is 1.63.